The predicted octanol–water partition coefficient (Wildman–Crippen LogP) is 0.0242. The zero-order chi connectivity index (χ0) is 8.15. The molecule has 0 aliphatic heterocycles. The van der Waals surface area contributed by atoms with Gasteiger partial charge >= 0.3 is 14.2 Å². The molecule has 2 atom stereocenters. The molecule has 0 aromatic carbocycles. The molecule has 0 radical (unpaired) electrons. The van der Waals surface area contributed by atoms with E-state index in [1.807, 2.05) is 0 Å². The van der Waals surface area contributed by atoms with E-state index in [-0.39, 0.29) is 0 Å². The van der Waals surface area contributed by atoms with Crippen LogP contribution >= 0.6 is 8.25 Å². The van der Waals surface area contributed by atoms with E-state index >= 15 is 0 Å². The predicted molar refractivity (Wildman–Crippen MR) is 33.9 cm³/mol. The lowest BCUT2D eigenvalue weighted by molar-refractivity contribution is -0.142. The summed E-state index contributed by atoms with van der Waals surface area (Å²) in [5.74, 6) is -1.33. The molecule has 0 saturated carbocycles. The van der Waals surface area contributed by atoms with Crippen LogP contribution in [0.5, 0.6) is 0 Å². The second-order valence-electron chi connectivity index (χ2n) is 1.38. The molecule has 0 rings (SSSR count). The van der Waals surface area contributed by atoms with Crippen molar-refractivity contribution in [1.29, 1.82) is 0 Å². The SMILES string of the molecule is C=CC(O[PH](=O)O)C(=O)O. The Labute approximate surface area is 57.9 Å². The molecule has 0 heterocycles. The zero-order valence-electron chi connectivity index (χ0n) is 4.98. The van der Waals surface area contributed by atoms with Crippen LogP contribution in [-0.4, -0.2) is 22.1 Å². The second kappa shape index (κ2) is 4.22. The molecule has 2 N–H and O–H groups in total. The maximum absolute atomic E-state index is 10.0. The molecule has 10 heavy (non-hydrogen) atoms. The van der Waals surface area contributed by atoms with Crippen LogP contribution in [0.25, 0.3) is 0 Å². The van der Waals surface area contributed by atoms with E-state index in [9.17, 15) is 9.36 Å². The van der Waals surface area contributed by atoms with Crippen LogP contribution in [0.4, 0.5) is 0 Å². The summed E-state index contributed by atoms with van der Waals surface area (Å²) >= 11 is 0. The quantitative estimate of drug-likeness (QED) is 0.454. The topological polar surface area (TPSA) is 83.8 Å². The third kappa shape index (κ3) is 3.40. The maximum Gasteiger partial charge on any atom is 0.337 e. The van der Waals surface area contributed by atoms with Crippen molar-refractivity contribution in [2.24, 2.45) is 0 Å². The number of hydrogen-bond acceptors (Lipinski definition) is 3. The summed E-state index contributed by atoms with van der Waals surface area (Å²) in [6.07, 6.45) is -0.461. The van der Waals surface area contributed by atoms with Gasteiger partial charge in [0.25, 0.3) is 0 Å². The number of carboxylic acid groups (broad SMARTS) is 1. The first-order chi connectivity index (χ1) is 4.57. The van der Waals surface area contributed by atoms with E-state index in [1.54, 1.807) is 0 Å². The van der Waals surface area contributed by atoms with Gasteiger partial charge in [-0.05, 0) is 0 Å². The third-order valence-corrected chi connectivity index (χ3v) is 1.14. The van der Waals surface area contributed by atoms with Gasteiger partial charge in [0.15, 0.2) is 6.10 Å². The van der Waals surface area contributed by atoms with E-state index in [0.29, 0.717) is 0 Å². The highest BCUT2D eigenvalue weighted by Crippen LogP contribution is 2.18. The summed E-state index contributed by atoms with van der Waals surface area (Å²) in [6, 6.07) is 0. The van der Waals surface area contributed by atoms with Gasteiger partial charge in [-0.25, -0.2) is 4.79 Å². The Bertz CT molecular complexity index is 165. The highest BCUT2D eigenvalue weighted by Gasteiger charge is 2.14. The van der Waals surface area contributed by atoms with Crippen LogP contribution in [0.15, 0.2) is 12.7 Å². The van der Waals surface area contributed by atoms with Crippen molar-refractivity contribution in [3.63, 3.8) is 0 Å². The van der Waals surface area contributed by atoms with E-state index in [2.05, 4.69) is 11.1 Å². The molecule has 0 bridgehead atoms. The number of rotatable bonds is 4. The standard InChI is InChI=1S/C4H7O5P/c1-2-3(4(5)6)9-10(7)8/h2-3,10H,1H2,(H,5,6)(H,7,8). The molecule has 6 heteroatoms. The fraction of sp³-hybridized carbons (Fsp3) is 0.250. The first-order valence-electron chi connectivity index (χ1n) is 2.33. The van der Waals surface area contributed by atoms with Crippen molar-refractivity contribution in [3.05, 3.63) is 12.7 Å². The van der Waals surface area contributed by atoms with E-state index in [0.717, 1.165) is 6.08 Å². The lowest BCUT2D eigenvalue weighted by atomic mass is 10.4. The van der Waals surface area contributed by atoms with Crippen LogP contribution in [0.2, 0.25) is 0 Å². The highest BCUT2D eigenvalue weighted by molar-refractivity contribution is 7.32. The molecule has 0 amide bonds. The normalized spacial score (nSPS) is 15.7. The number of hydrogen-bond donors (Lipinski definition) is 2. The zero-order valence-corrected chi connectivity index (χ0v) is 5.98. The van der Waals surface area contributed by atoms with Crippen LogP contribution < -0.4 is 0 Å². The van der Waals surface area contributed by atoms with Gasteiger partial charge in [-0.2, -0.15) is 0 Å². The van der Waals surface area contributed by atoms with E-state index in [4.69, 9.17) is 10.00 Å². The molecular formula is C4H7O5P. The first kappa shape index (κ1) is 9.36. The third-order valence-electron chi connectivity index (χ3n) is 0.685. The van der Waals surface area contributed by atoms with Crippen molar-refractivity contribution in [3.8, 4) is 0 Å². The van der Waals surface area contributed by atoms with Crippen molar-refractivity contribution in [2.75, 3.05) is 0 Å². The Kier molecular flexibility index (Phi) is 3.95. The monoisotopic (exact) mass is 166 g/mol. The highest BCUT2D eigenvalue weighted by atomic mass is 31.1. The van der Waals surface area contributed by atoms with Gasteiger partial charge in [-0.15, -0.1) is 0 Å². The minimum atomic E-state index is -3.19. The molecule has 0 aromatic rings. The molecule has 0 fully saturated rings. The van der Waals surface area contributed by atoms with Crippen molar-refractivity contribution in [2.45, 2.75) is 6.10 Å². The number of carbonyl (C=O) groups is 1. The Morgan fingerprint density at radius 3 is 2.40 bits per heavy atom. The van der Waals surface area contributed by atoms with Gasteiger partial charge in [0.1, 0.15) is 0 Å². The van der Waals surface area contributed by atoms with Crippen molar-refractivity contribution < 1.29 is 23.9 Å². The largest absolute Gasteiger partial charge is 0.479 e. The van der Waals surface area contributed by atoms with Crippen LogP contribution in [0.3, 0.4) is 0 Å². The average molecular weight is 166 g/mol. The first-order valence-corrected chi connectivity index (χ1v) is 3.59. The van der Waals surface area contributed by atoms with Crippen molar-refractivity contribution >= 4 is 14.2 Å². The molecule has 58 valence electrons. The fourth-order valence-corrected chi connectivity index (χ4v) is 0.722. The van der Waals surface area contributed by atoms with Crippen LogP contribution in [-0.2, 0) is 13.9 Å². The van der Waals surface area contributed by atoms with Crippen LogP contribution in [0.1, 0.15) is 0 Å². The van der Waals surface area contributed by atoms with Crippen molar-refractivity contribution in [1.82, 2.24) is 0 Å². The number of carboxylic acids is 1. The Hall–Kier alpha value is -0.640. The minimum absolute atomic E-state index is 0.932. The Morgan fingerprint density at radius 2 is 2.30 bits per heavy atom. The van der Waals surface area contributed by atoms with Gasteiger partial charge in [0.05, 0.1) is 0 Å². The average Bonchev–Trinajstić information content (AvgIpc) is 1.81. The molecule has 5 nitrogen and oxygen atoms in total. The molecular weight excluding hydrogens is 159 g/mol. The summed E-state index contributed by atoms with van der Waals surface area (Å²) < 4.78 is 14.0. The summed E-state index contributed by atoms with van der Waals surface area (Å²) in [5, 5.41) is 8.19. The summed E-state index contributed by atoms with van der Waals surface area (Å²) in [5.41, 5.74) is 0. The van der Waals surface area contributed by atoms with Gasteiger partial charge < -0.3 is 10.00 Å². The Balaban J connectivity index is 3.96. The lowest BCUT2D eigenvalue weighted by Gasteiger charge is -2.03. The van der Waals surface area contributed by atoms with Crippen LogP contribution in [0, 0.1) is 0 Å². The smallest absolute Gasteiger partial charge is 0.337 e. The van der Waals surface area contributed by atoms with Gasteiger partial charge in [0.2, 0.25) is 0 Å². The number of aliphatic carboxylic acids is 1. The molecule has 0 aliphatic rings. The molecule has 2 unspecified atom stereocenters. The minimum Gasteiger partial charge on any atom is -0.479 e. The molecule has 0 aromatic heterocycles. The van der Waals surface area contributed by atoms with E-state index in [1.165, 1.54) is 0 Å². The summed E-state index contributed by atoms with van der Waals surface area (Å²) in [4.78, 5) is 18.2. The summed E-state index contributed by atoms with van der Waals surface area (Å²) in [7, 11) is -3.19. The van der Waals surface area contributed by atoms with Gasteiger partial charge in [-0.1, -0.05) is 12.7 Å². The lowest BCUT2D eigenvalue weighted by Crippen LogP contribution is -2.17. The molecule has 0 aliphatic carbocycles. The van der Waals surface area contributed by atoms with E-state index < -0.39 is 20.3 Å². The molecule has 0 spiro atoms. The fourth-order valence-electron chi connectivity index (χ4n) is 0.308. The summed E-state index contributed by atoms with van der Waals surface area (Å²) in [6.45, 7) is 3.10. The second-order valence-corrected chi connectivity index (χ2v) is 2.15. The molecule has 0 saturated heterocycles. The van der Waals surface area contributed by atoms with Gasteiger partial charge in [0, 0.05) is 0 Å². The Morgan fingerprint density at radius 1 is 1.80 bits per heavy atom. The maximum atomic E-state index is 10.0. The van der Waals surface area contributed by atoms with Gasteiger partial charge in [-0.3, -0.25) is 9.09 Å².